The third-order valence-corrected chi connectivity index (χ3v) is 3.98. The Morgan fingerprint density at radius 2 is 1.96 bits per heavy atom. The molecule has 5 nitrogen and oxygen atoms in total. The Kier molecular flexibility index (Phi) is 3.90. The van der Waals surface area contributed by atoms with E-state index in [-0.39, 0.29) is 41.7 Å². The number of aromatic nitrogens is 2. The minimum absolute atomic E-state index is 0.0501. The third-order valence-electron chi connectivity index (χ3n) is 3.98. The number of hydrogen-bond donors (Lipinski definition) is 2. The average Bonchev–Trinajstić information content (AvgIpc) is 2.53. The number of phenolic OH excluding ortho intramolecular Hbond substituents is 1. The monoisotopic (exact) mass is 338 g/mol. The summed E-state index contributed by atoms with van der Waals surface area (Å²) in [5.41, 5.74) is -0.865. The number of halogens is 3. The second kappa shape index (κ2) is 5.77. The summed E-state index contributed by atoms with van der Waals surface area (Å²) >= 11 is 0. The topological polar surface area (TPSA) is 83.3 Å². The van der Waals surface area contributed by atoms with E-state index in [1.807, 2.05) is 0 Å². The number of alkyl halides is 3. The Morgan fingerprint density at radius 3 is 2.54 bits per heavy atom. The van der Waals surface area contributed by atoms with Crippen molar-refractivity contribution in [1.82, 2.24) is 9.97 Å². The molecule has 1 aliphatic carbocycles. The lowest BCUT2D eigenvalue weighted by Crippen LogP contribution is -2.18. The molecule has 0 saturated carbocycles. The van der Waals surface area contributed by atoms with Gasteiger partial charge < -0.3 is 10.2 Å². The Bertz CT molecular complexity index is 846. The lowest BCUT2D eigenvalue weighted by molar-refractivity contribution is -0.142. The summed E-state index contributed by atoms with van der Waals surface area (Å²) < 4.78 is 40.1. The molecule has 3 rings (SSSR count). The molecule has 1 aliphatic rings. The number of aromatic hydroxyl groups is 1. The first-order valence-corrected chi connectivity index (χ1v) is 7.26. The first-order chi connectivity index (χ1) is 11.3. The maximum absolute atomic E-state index is 13.4. The Balaban J connectivity index is 2.12. The number of fused-ring (bicyclic) bond motifs is 1. The fourth-order valence-corrected chi connectivity index (χ4v) is 2.74. The highest BCUT2D eigenvalue weighted by atomic mass is 19.4. The zero-order chi connectivity index (χ0) is 17.5. The lowest BCUT2D eigenvalue weighted by atomic mass is 9.87. The van der Waals surface area contributed by atoms with Crippen LogP contribution in [0.25, 0.3) is 16.6 Å². The molecule has 0 radical (unpaired) electrons. The van der Waals surface area contributed by atoms with Crippen LogP contribution in [0.1, 0.15) is 30.7 Å². The summed E-state index contributed by atoms with van der Waals surface area (Å²) in [5, 5.41) is 18.4. The molecule has 0 saturated heterocycles. The average molecular weight is 338 g/mol. The van der Waals surface area contributed by atoms with E-state index in [1.54, 1.807) is 0 Å². The molecule has 24 heavy (non-hydrogen) atoms. The van der Waals surface area contributed by atoms with Gasteiger partial charge in [0.1, 0.15) is 5.75 Å². The molecule has 0 bridgehead atoms. The van der Waals surface area contributed by atoms with Crippen LogP contribution in [0, 0.1) is 5.92 Å². The first kappa shape index (κ1) is 16.2. The Hall–Kier alpha value is -2.64. The van der Waals surface area contributed by atoms with Crippen molar-refractivity contribution >= 4 is 22.6 Å². The van der Waals surface area contributed by atoms with Crippen molar-refractivity contribution < 1.29 is 28.2 Å². The fraction of sp³-hybridized carbons (Fsp3) is 0.312. The zero-order valence-electron chi connectivity index (χ0n) is 12.3. The molecule has 1 atom stereocenters. The fourth-order valence-electron chi connectivity index (χ4n) is 2.74. The molecule has 0 spiro atoms. The standard InChI is InChI=1S/C16H13F3N2O3/c17-16(18,19)14-13(8-1-3-9(4-2-8)15(23)24)20-11-6-5-10(22)7-12(11)21-14/h1,5-7,9,22H,2-4H2,(H,23,24). The number of aliphatic carboxylic acids is 1. The molecular weight excluding hydrogens is 325 g/mol. The number of allylic oxidation sites excluding steroid dienone is 2. The number of nitrogens with zero attached hydrogens (tertiary/aromatic N) is 2. The predicted molar refractivity (Wildman–Crippen MR) is 79.2 cm³/mol. The number of carbonyl (C=O) groups is 1. The van der Waals surface area contributed by atoms with Crippen LogP contribution in [0.2, 0.25) is 0 Å². The molecule has 1 aromatic heterocycles. The highest BCUT2D eigenvalue weighted by Gasteiger charge is 2.38. The minimum atomic E-state index is -4.70. The van der Waals surface area contributed by atoms with Crippen LogP contribution in [0.3, 0.4) is 0 Å². The van der Waals surface area contributed by atoms with Gasteiger partial charge >= 0.3 is 12.1 Å². The predicted octanol–water partition coefficient (Wildman–Crippen LogP) is 3.62. The van der Waals surface area contributed by atoms with Crippen LogP contribution < -0.4 is 0 Å². The van der Waals surface area contributed by atoms with Gasteiger partial charge in [-0.3, -0.25) is 4.79 Å². The van der Waals surface area contributed by atoms with Crippen molar-refractivity contribution in [3.8, 4) is 5.75 Å². The summed E-state index contributed by atoms with van der Waals surface area (Å²) in [6, 6.07) is 3.84. The van der Waals surface area contributed by atoms with Crippen molar-refractivity contribution in [2.75, 3.05) is 0 Å². The molecule has 1 unspecified atom stereocenters. The second-order valence-corrected chi connectivity index (χ2v) is 5.63. The van der Waals surface area contributed by atoms with Crippen molar-refractivity contribution in [3.05, 3.63) is 35.7 Å². The minimum Gasteiger partial charge on any atom is -0.508 e. The Labute approximate surface area is 134 Å². The van der Waals surface area contributed by atoms with Crippen molar-refractivity contribution in [2.24, 2.45) is 5.92 Å². The van der Waals surface area contributed by atoms with E-state index >= 15 is 0 Å². The highest BCUT2D eigenvalue weighted by Crippen LogP contribution is 2.38. The summed E-state index contributed by atoms with van der Waals surface area (Å²) in [7, 11) is 0. The van der Waals surface area contributed by atoms with Gasteiger partial charge in [-0.2, -0.15) is 13.2 Å². The molecule has 2 N–H and O–H groups in total. The number of carboxylic acids is 1. The van der Waals surface area contributed by atoms with Gasteiger partial charge in [-0.05, 0) is 37.0 Å². The van der Waals surface area contributed by atoms with E-state index in [0.29, 0.717) is 5.57 Å². The molecule has 2 aromatic rings. The van der Waals surface area contributed by atoms with Crippen molar-refractivity contribution in [2.45, 2.75) is 25.4 Å². The largest absolute Gasteiger partial charge is 0.508 e. The molecule has 1 aromatic carbocycles. The smallest absolute Gasteiger partial charge is 0.435 e. The van der Waals surface area contributed by atoms with Crippen LogP contribution in [0.15, 0.2) is 24.3 Å². The second-order valence-electron chi connectivity index (χ2n) is 5.63. The van der Waals surface area contributed by atoms with E-state index in [4.69, 9.17) is 5.11 Å². The highest BCUT2D eigenvalue weighted by molar-refractivity contribution is 5.80. The van der Waals surface area contributed by atoms with Gasteiger partial charge in [0.25, 0.3) is 0 Å². The summed E-state index contributed by atoms with van der Waals surface area (Å²) in [6.07, 6.45) is -2.59. The molecule has 0 fully saturated rings. The Morgan fingerprint density at radius 1 is 1.21 bits per heavy atom. The number of carboxylic acid groups (broad SMARTS) is 1. The number of benzene rings is 1. The van der Waals surface area contributed by atoms with Crippen molar-refractivity contribution in [3.63, 3.8) is 0 Å². The lowest BCUT2D eigenvalue weighted by Gasteiger charge is -2.20. The van der Waals surface area contributed by atoms with Gasteiger partial charge in [0.2, 0.25) is 0 Å². The number of hydrogen-bond acceptors (Lipinski definition) is 4. The normalized spacial score (nSPS) is 18.5. The molecule has 0 amide bonds. The summed E-state index contributed by atoms with van der Waals surface area (Å²) in [5.74, 6) is -1.74. The van der Waals surface area contributed by atoms with Gasteiger partial charge in [0.15, 0.2) is 5.69 Å². The van der Waals surface area contributed by atoms with Crippen LogP contribution in [-0.4, -0.2) is 26.2 Å². The molecular formula is C16H13F3N2O3. The molecule has 0 aliphatic heterocycles. The van der Waals surface area contributed by atoms with Gasteiger partial charge in [0.05, 0.1) is 22.6 Å². The first-order valence-electron chi connectivity index (χ1n) is 7.26. The van der Waals surface area contributed by atoms with E-state index < -0.39 is 23.8 Å². The van der Waals surface area contributed by atoms with Gasteiger partial charge in [-0.15, -0.1) is 0 Å². The van der Waals surface area contributed by atoms with Gasteiger partial charge in [-0.25, -0.2) is 9.97 Å². The molecule has 8 heteroatoms. The van der Waals surface area contributed by atoms with E-state index in [0.717, 1.165) is 6.07 Å². The maximum atomic E-state index is 13.4. The van der Waals surface area contributed by atoms with Crippen LogP contribution in [-0.2, 0) is 11.0 Å². The number of rotatable bonds is 2. The third kappa shape index (κ3) is 3.04. The maximum Gasteiger partial charge on any atom is 0.435 e. The summed E-state index contributed by atoms with van der Waals surface area (Å²) in [6.45, 7) is 0. The molecule has 1 heterocycles. The van der Waals surface area contributed by atoms with E-state index in [9.17, 15) is 23.1 Å². The molecule has 126 valence electrons. The van der Waals surface area contributed by atoms with Crippen LogP contribution >= 0.6 is 0 Å². The number of phenols is 1. The van der Waals surface area contributed by atoms with Crippen LogP contribution in [0.4, 0.5) is 13.2 Å². The van der Waals surface area contributed by atoms with E-state index in [2.05, 4.69) is 9.97 Å². The van der Waals surface area contributed by atoms with Gasteiger partial charge in [-0.1, -0.05) is 6.08 Å². The van der Waals surface area contributed by atoms with Gasteiger partial charge in [0, 0.05) is 6.07 Å². The summed E-state index contributed by atoms with van der Waals surface area (Å²) in [4.78, 5) is 18.7. The SMILES string of the molecule is O=C(O)C1CC=C(c2nc3ccc(O)cc3nc2C(F)(F)F)CC1. The zero-order valence-corrected chi connectivity index (χ0v) is 12.3. The van der Waals surface area contributed by atoms with Crippen LogP contribution in [0.5, 0.6) is 5.75 Å². The van der Waals surface area contributed by atoms with Crippen molar-refractivity contribution in [1.29, 1.82) is 0 Å². The van der Waals surface area contributed by atoms with E-state index in [1.165, 1.54) is 18.2 Å². The quantitative estimate of drug-likeness (QED) is 0.874.